The van der Waals surface area contributed by atoms with Crippen LogP contribution in [0.5, 0.6) is 0 Å². The fraction of sp³-hybridized carbons (Fsp3) is 0.182. The standard InChI is InChI=1S/C11H10Cl2N4O/c1-17-3-2-14-9(17)6-16-11(18)7-4-8(12)10(13)15-5-7/h2-5H,6H2,1H3,(H,16,18). The van der Waals surface area contributed by atoms with Crippen molar-refractivity contribution in [2.75, 3.05) is 0 Å². The summed E-state index contributed by atoms with van der Waals surface area (Å²) in [6, 6.07) is 1.48. The first-order valence-corrected chi connectivity index (χ1v) is 5.89. The topological polar surface area (TPSA) is 59.8 Å². The summed E-state index contributed by atoms with van der Waals surface area (Å²) in [6.45, 7) is 0.336. The lowest BCUT2D eigenvalue weighted by molar-refractivity contribution is 0.0949. The first kappa shape index (κ1) is 12.9. The maximum Gasteiger partial charge on any atom is 0.253 e. The third kappa shape index (κ3) is 2.80. The molecule has 2 rings (SSSR count). The summed E-state index contributed by atoms with van der Waals surface area (Å²) in [6.07, 6.45) is 4.85. The predicted molar refractivity (Wildman–Crippen MR) is 68.6 cm³/mol. The van der Waals surface area contributed by atoms with Gasteiger partial charge >= 0.3 is 0 Å². The van der Waals surface area contributed by atoms with Crippen molar-refractivity contribution >= 4 is 29.1 Å². The van der Waals surface area contributed by atoms with Crippen molar-refractivity contribution < 1.29 is 4.79 Å². The normalized spacial score (nSPS) is 10.4. The highest BCUT2D eigenvalue weighted by Crippen LogP contribution is 2.19. The van der Waals surface area contributed by atoms with Crippen molar-refractivity contribution in [3.05, 3.63) is 46.2 Å². The van der Waals surface area contributed by atoms with Gasteiger partial charge in [0.15, 0.2) is 0 Å². The van der Waals surface area contributed by atoms with Gasteiger partial charge in [-0.05, 0) is 6.07 Å². The van der Waals surface area contributed by atoms with Crippen LogP contribution in [-0.4, -0.2) is 20.4 Å². The Morgan fingerprint density at radius 1 is 1.44 bits per heavy atom. The molecule has 0 saturated heterocycles. The van der Waals surface area contributed by atoms with Crippen LogP contribution in [0.25, 0.3) is 0 Å². The molecule has 94 valence electrons. The van der Waals surface area contributed by atoms with Gasteiger partial charge in [-0.2, -0.15) is 0 Å². The van der Waals surface area contributed by atoms with Crippen molar-refractivity contribution in [2.24, 2.45) is 7.05 Å². The maximum atomic E-state index is 11.8. The van der Waals surface area contributed by atoms with Crippen LogP contribution in [0.1, 0.15) is 16.2 Å². The molecule has 0 atom stereocenters. The second kappa shape index (κ2) is 5.37. The minimum absolute atomic E-state index is 0.178. The molecular weight excluding hydrogens is 275 g/mol. The molecule has 0 aliphatic rings. The summed E-state index contributed by atoms with van der Waals surface area (Å²) >= 11 is 11.5. The number of nitrogens with zero attached hydrogens (tertiary/aromatic N) is 3. The van der Waals surface area contributed by atoms with E-state index in [1.165, 1.54) is 12.3 Å². The van der Waals surface area contributed by atoms with Crippen LogP contribution in [0.4, 0.5) is 0 Å². The summed E-state index contributed by atoms with van der Waals surface area (Å²) in [5, 5.41) is 3.15. The number of carbonyl (C=O) groups is 1. The minimum Gasteiger partial charge on any atom is -0.345 e. The second-order valence-electron chi connectivity index (χ2n) is 3.63. The highest BCUT2D eigenvalue weighted by molar-refractivity contribution is 6.41. The molecule has 0 bridgehead atoms. The predicted octanol–water partition coefficient (Wildman–Crippen LogP) is 2.05. The fourth-order valence-corrected chi connectivity index (χ4v) is 1.64. The van der Waals surface area contributed by atoms with Crippen LogP contribution in [0.2, 0.25) is 10.2 Å². The third-order valence-corrected chi connectivity index (χ3v) is 3.07. The zero-order valence-electron chi connectivity index (χ0n) is 9.52. The molecule has 18 heavy (non-hydrogen) atoms. The van der Waals surface area contributed by atoms with E-state index in [0.29, 0.717) is 12.1 Å². The Bertz CT molecular complexity index is 582. The molecular formula is C11H10Cl2N4O. The SMILES string of the molecule is Cn1ccnc1CNC(=O)c1cnc(Cl)c(Cl)c1. The molecule has 0 aliphatic carbocycles. The largest absolute Gasteiger partial charge is 0.345 e. The molecule has 1 N–H and O–H groups in total. The lowest BCUT2D eigenvalue weighted by Crippen LogP contribution is -2.24. The van der Waals surface area contributed by atoms with E-state index in [0.717, 1.165) is 5.82 Å². The Kier molecular flexibility index (Phi) is 3.84. The molecule has 2 aromatic heterocycles. The quantitative estimate of drug-likeness (QED) is 0.878. The van der Waals surface area contributed by atoms with E-state index < -0.39 is 0 Å². The van der Waals surface area contributed by atoms with Crippen LogP contribution in [0.3, 0.4) is 0 Å². The van der Waals surface area contributed by atoms with Gasteiger partial charge in [0, 0.05) is 25.6 Å². The van der Waals surface area contributed by atoms with Crippen molar-refractivity contribution in [1.82, 2.24) is 19.9 Å². The van der Waals surface area contributed by atoms with Gasteiger partial charge in [0.05, 0.1) is 17.1 Å². The molecule has 0 unspecified atom stereocenters. The van der Waals surface area contributed by atoms with Gasteiger partial charge < -0.3 is 9.88 Å². The van der Waals surface area contributed by atoms with Crippen LogP contribution < -0.4 is 5.32 Å². The number of aryl methyl sites for hydroxylation is 1. The molecule has 2 heterocycles. The van der Waals surface area contributed by atoms with Gasteiger partial charge in [-0.1, -0.05) is 23.2 Å². The Morgan fingerprint density at radius 3 is 2.83 bits per heavy atom. The number of rotatable bonds is 3. The highest BCUT2D eigenvalue weighted by atomic mass is 35.5. The van der Waals surface area contributed by atoms with E-state index in [1.54, 1.807) is 6.20 Å². The number of halogens is 2. The number of nitrogens with one attached hydrogen (secondary N) is 1. The smallest absolute Gasteiger partial charge is 0.253 e. The first-order chi connectivity index (χ1) is 8.58. The number of amides is 1. The van der Waals surface area contributed by atoms with E-state index in [9.17, 15) is 4.79 Å². The van der Waals surface area contributed by atoms with E-state index in [1.807, 2.05) is 17.8 Å². The van der Waals surface area contributed by atoms with Crippen molar-refractivity contribution in [1.29, 1.82) is 0 Å². The Labute approximate surface area is 114 Å². The van der Waals surface area contributed by atoms with Gasteiger partial charge in [-0.15, -0.1) is 0 Å². The third-order valence-electron chi connectivity index (χ3n) is 2.39. The van der Waals surface area contributed by atoms with Gasteiger partial charge in [0.1, 0.15) is 11.0 Å². The zero-order chi connectivity index (χ0) is 13.1. The summed E-state index contributed by atoms with van der Waals surface area (Å²) in [7, 11) is 1.86. The number of hydrogen-bond donors (Lipinski definition) is 1. The lowest BCUT2D eigenvalue weighted by Gasteiger charge is -2.05. The summed E-state index contributed by atoms with van der Waals surface area (Å²) in [4.78, 5) is 19.7. The van der Waals surface area contributed by atoms with Gasteiger partial charge in [-0.25, -0.2) is 9.97 Å². The maximum absolute atomic E-state index is 11.8. The molecule has 1 amide bonds. The number of carbonyl (C=O) groups excluding carboxylic acids is 1. The lowest BCUT2D eigenvalue weighted by atomic mass is 10.2. The average Bonchev–Trinajstić information content (AvgIpc) is 2.75. The number of aromatic nitrogens is 3. The Hall–Kier alpha value is -1.59. The van der Waals surface area contributed by atoms with Crippen LogP contribution in [0.15, 0.2) is 24.7 Å². The van der Waals surface area contributed by atoms with E-state index in [2.05, 4.69) is 15.3 Å². The fourth-order valence-electron chi connectivity index (χ4n) is 1.37. The van der Waals surface area contributed by atoms with Crippen LogP contribution >= 0.6 is 23.2 Å². The van der Waals surface area contributed by atoms with Crippen molar-refractivity contribution in [3.63, 3.8) is 0 Å². The summed E-state index contributed by atoms with van der Waals surface area (Å²) < 4.78 is 1.83. The van der Waals surface area contributed by atoms with Gasteiger partial charge in [0.25, 0.3) is 5.91 Å². The molecule has 0 spiro atoms. The number of imidazole rings is 1. The summed E-state index contributed by atoms with van der Waals surface area (Å²) in [5.41, 5.74) is 0.360. The molecule has 0 saturated carbocycles. The van der Waals surface area contributed by atoms with E-state index in [4.69, 9.17) is 23.2 Å². The molecule has 0 radical (unpaired) electrons. The minimum atomic E-state index is -0.274. The van der Waals surface area contributed by atoms with Gasteiger partial charge in [0.2, 0.25) is 0 Å². The molecule has 0 aromatic carbocycles. The Morgan fingerprint density at radius 2 is 2.22 bits per heavy atom. The first-order valence-electron chi connectivity index (χ1n) is 5.13. The molecule has 0 fully saturated rings. The molecule has 5 nitrogen and oxygen atoms in total. The monoisotopic (exact) mass is 284 g/mol. The number of hydrogen-bond acceptors (Lipinski definition) is 3. The van der Waals surface area contributed by atoms with Crippen molar-refractivity contribution in [3.8, 4) is 0 Å². The van der Waals surface area contributed by atoms with Crippen LogP contribution in [-0.2, 0) is 13.6 Å². The molecule has 2 aromatic rings. The summed E-state index contributed by atoms with van der Waals surface area (Å²) in [5.74, 6) is 0.487. The van der Waals surface area contributed by atoms with Crippen molar-refractivity contribution in [2.45, 2.75) is 6.54 Å². The highest BCUT2D eigenvalue weighted by Gasteiger charge is 2.09. The number of pyridine rings is 1. The van der Waals surface area contributed by atoms with Gasteiger partial charge in [-0.3, -0.25) is 4.79 Å². The Balaban J connectivity index is 2.04. The average molecular weight is 285 g/mol. The second-order valence-corrected chi connectivity index (χ2v) is 4.40. The van der Waals surface area contributed by atoms with E-state index >= 15 is 0 Å². The molecule has 0 aliphatic heterocycles. The molecule has 7 heteroatoms. The zero-order valence-corrected chi connectivity index (χ0v) is 11.0. The van der Waals surface area contributed by atoms with E-state index in [-0.39, 0.29) is 16.1 Å². The van der Waals surface area contributed by atoms with Crippen LogP contribution in [0, 0.1) is 0 Å².